The van der Waals surface area contributed by atoms with E-state index in [1.165, 1.54) is 12.1 Å². The Labute approximate surface area is 126 Å². The molecule has 0 fully saturated rings. The van der Waals surface area contributed by atoms with Gasteiger partial charge in [-0.15, -0.1) is 11.6 Å². The zero-order chi connectivity index (χ0) is 13.6. The molecule has 2 atom stereocenters. The second-order valence-electron chi connectivity index (χ2n) is 4.70. The first kappa shape index (κ1) is 13.2. The SMILES string of the molecule is Fc1ccc2c(c1)[C@H](Cl)C[C@@H]2c1ccc(Cl)c(Cl)c1. The zero-order valence-corrected chi connectivity index (χ0v) is 12.1. The fourth-order valence-electron chi connectivity index (χ4n) is 2.64. The van der Waals surface area contributed by atoms with E-state index < -0.39 is 0 Å². The lowest BCUT2D eigenvalue weighted by molar-refractivity contribution is 0.625. The molecular formula is C15H10Cl3F. The van der Waals surface area contributed by atoms with Crippen LogP contribution in [0.5, 0.6) is 0 Å². The van der Waals surface area contributed by atoms with Crippen LogP contribution in [0, 0.1) is 5.82 Å². The molecular weight excluding hydrogens is 306 g/mol. The van der Waals surface area contributed by atoms with Crippen molar-refractivity contribution in [3.8, 4) is 0 Å². The van der Waals surface area contributed by atoms with Crippen molar-refractivity contribution < 1.29 is 4.39 Å². The summed E-state index contributed by atoms with van der Waals surface area (Å²) in [6.45, 7) is 0. The summed E-state index contributed by atoms with van der Waals surface area (Å²) >= 11 is 18.3. The highest BCUT2D eigenvalue weighted by atomic mass is 35.5. The van der Waals surface area contributed by atoms with E-state index in [4.69, 9.17) is 34.8 Å². The predicted molar refractivity (Wildman–Crippen MR) is 77.9 cm³/mol. The molecule has 2 aromatic carbocycles. The maximum Gasteiger partial charge on any atom is 0.123 e. The van der Waals surface area contributed by atoms with E-state index in [1.54, 1.807) is 12.1 Å². The van der Waals surface area contributed by atoms with Crippen molar-refractivity contribution in [2.24, 2.45) is 0 Å². The molecule has 1 aliphatic rings. The van der Waals surface area contributed by atoms with Gasteiger partial charge in [0.05, 0.1) is 15.4 Å². The van der Waals surface area contributed by atoms with Crippen molar-refractivity contribution in [3.05, 3.63) is 69.0 Å². The second kappa shape index (κ2) is 4.97. The summed E-state index contributed by atoms with van der Waals surface area (Å²) in [6.07, 6.45) is 0.748. The van der Waals surface area contributed by atoms with Crippen LogP contribution in [0.4, 0.5) is 4.39 Å². The van der Waals surface area contributed by atoms with Crippen LogP contribution >= 0.6 is 34.8 Å². The summed E-state index contributed by atoms with van der Waals surface area (Å²) in [5.74, 6) is -0.105. The topological polar surface area (TPSA) is 0 Å². The van der Waals surface area contributed by atoms with E-state index in [0.717, 1.165) is 23.1 Å². The molecule has 0 heterocycles. The van der Waals surface area contributed by atoms with Gasteiger partial charge < -0.3 is 0 Å². The van der Waals surface area contributed by atoms with Crippen molar-refractivity contribution in [2.75, 3.05) is 0 Å². The molecule has 0 radical (unpaired) electrons. The minimum Gasteiger partial charge on any atom is -0.207 e. The van der Waals surface area contributed by atoms with Crippen molar-refractivity contribution in [1.29, 1.82) is 0 Å². The monoisotopic (exact) mass is 314 g/mol. The molecule has 98 valence electrons. The van der Waals surface area contributed by atoms with Gasteiger partial charge in [-0.25, -0.2) is 4.39 Å². The molecule has 0 aromatic heterocycles. The lowest BCUT2D eigenvalue weighted by atomic mass is 9.93. The minimum atomic E-state index is -0.251. The Morgan fingerprint density at radius 2 is 1.74 bits per heavy atom. The van der Waals surface area contributed by atoms with E-state index >= 15 is 0 Å². The first-order chi connectivity index (χ1) is 9.06. The highest BCUT2D eigenvalue weighted by Crippen LogP contribution is 2.47. The molecule has 2 aromatic rings. The average Bonchev–Trinajstić information content (AvgIpc) is 2.70. The summed E-state index contributed by atoms with van der Waals surface area (Å²) in [5, 5.41) is 0.899. The van der Waals surface area contributed by atoms with Gasteiger partial charge in [0.15, 0.2) is 0 Å². The molecule has 0 spiro atoms. The van der Waals surface area contributed by atoms with E-state index in [2.05, 4.69) is 0 Å². The maximum absolute atomic E-state index is 13.3. The standard InChI is InChI=1S/C15H10Cl3F/c16-13-4-1-8(5-15(13)18)11-7-14(17)12-6-9(19)2-3-10(11)12/h1-6,11,14H,7H2/t11-,14-/m1/s1. The number of fused-ring (bicyclic) bond motifs is 1. The quantitative estimate of drug-likeness (QED) is 0.571. The third kappa shape index (κ3) is 2.35. The van der Waals surface area contributed by atoms with E-state index in [0.29, 0.717) is 10.0 Å². The second-order valence-corrected chi connectivity index (χ2v) is 6.04. The third-order valence-corrected chi connectivity index (χ3v) is 4.70. The van der Waals surface area contributed by atoms with Gasteiger partial charge >= 0.3 is 0 Å². The predicted octanol–water partition coefficient (Wildman–Crippen LogP) is 5.95. The van der Waals surface area contributed by atoms with Gasteiger partial charge in [-0.05, 0) is 47.4 Å². The Kier molecular flexibility index (Phi) is 3.46. The van der Waals surface area contributed by atoms with Crippen molar-refractivity contribution in [2.45, 2.75) is 17.7 Å². The number of rotatable bonds is 1. The van der Waals surface area contributed by atoms with Gasteiger partial charge in [-0.3, -0.25) is 0 Å². The first-order valence-electron chi connectivity index (χ1n) is 5.94. The Balaban J connectivity index is 2.07. The number of halogens is 4. The lowest BCUT2D eigenvalue weighted by Crippen LogP contribution is -1.96. The molecule has 19 heavy (non-hydrogen) atoms. The van der Waals surface area contributed by atoms with Crippen LogP contribution in [-0.2, 0) is 0 Å². The molecule has 1 aliphatic carbocycles. The van der Waals surface area contributed by atoms with Crippen molar-refractivity contribution in [1.82, 2.24) is 0 Å². The minimum absolute atomic E-state index is 0.146. The zero-order valence-electron chi connectivity index (χ0n) is 9.84. The molecule has 0 N–H and O–H groups in total. The maximum atomic E-state index is 13.3. The molecule has 3 rings (SSSR count). The van der Waals surface area contributed by atoms with Gasteiger partial charge in [0.2, 0.25) is 0 Å². The van der Waals surface area contributed by atoms with Gasteiger partial charge in [-0.1, -0.05) is 35.3 Å². The van der Waals surface area contributed by atoms with E-state index in [1.807, 2.05) is 12.1 Å². The molecule has 0 saturated carbocycles. The molecule has 0 unspecified atom stereocenters. The largest absolute Gasteiger partial charge is 0.207 e. The fraction of sp³-hybridized carbons (Fsp3) is 0.200. The number of alkyl halides is 1. The highest BCUT2D eigenvalue weighted by Gasteiger charge is 2.31. The Morgan fingerprint density at radius 1 is 0.947 bits per heavy atom. The summed E-state index contributed by atoms with van der Waals surface area (Å²) in [6, 6.07) is 10.4. The van der Waals surface area contributed by atoms with Crippen molar-refractivity contribution >= 4 is 34.8 Å². The van der Waals surface area contributed by atoms with Gasteiger partial charge in [0, 0.05) is 5.92 Å². The van der Waals surface area contributed by atoms with Crippen LogP contribution < -0.4 is 0 Å². The van der Waals surface area contributed by atoms with Gasteiger partial charge in [0.1, 0.15) is 5.82 Å². The van der Waals surface area contributed by atoms with Gasteiger partial charge in [-0.2, -0.15) is 0 Å². The summed E-state index contributed by atoms with van der Waals surface area (Å²) < 4.78 is 13.3. The summed E-state index contributed by atoms with van der Waals surface area (Å²) in [5.41, 5.74) is 3.00. The van der Waals surface area contributed by atoms with Crippen LogP contribution in [0.25, 0.3) is 0 Å². The van der Waals surface area contributed by atoms with Gasteiger partial charge in [0.25, 0.3) is 0 Å². The molecule has 0 saturated heterocycles. The summed E-state index contributed by atoms with van der Waals surface area (Å²) in [7, 11) is 0. The highest BCUT2D eigenvalue weighted by molar-refractivity contribution is 6.42. The molecule has 0 bridgehead atoms. The number of hydrogen-bond acceptors (Lipinski definition) is 0. The van der Waals surface area contributed by atoms with Crippen LogP contribution in [0.15, 0.2) is 36.4 Å². The fourth-order valence-corrected chi connectivity index (χ4v) is 3.31. The lowest BCUT2D eigenvalue weighted by Gasteiger charge is -2.12. The average molecular weight is 316 g/mol. The Morgan fingerprint density at radius 3 is 2.47 bits per heavy atom. The first-order valence-corrected chi connectivity index (χ1v) is 7.14. The number of benzene rings is 2. The van der Waals surface area contributed by atoms with Crippen molar-refractivity contribution in [3.63, 3.8) is 0 Å². The summed E-state index contributed by atoms with van der Waals surface area (Å²) in [4.78, 5) is 0. The number of hydrogen-bond donors (Lipinski definition) is 0. The van der Waals surface area contributed by atoms with Crippen LogP contribution in [0.2, 0.25) is 10.0 Å². The molecule has 0 nitrogen and oxygen atoms in total. The molecule has 0 amide bonds. The normalized spacial score (nSPS) is 21.5. The Bertz CT molecular complexity index is 639. The van der Waals surface area contributed by atoms with E-state index in [-0.39, 0.29) is 17.1 Å². The third-order valence-electron chi connectivity index (χ3n) is 3.55. The van der Waals surface area contributed by atoms with Crippen LogP contribution in [0.3, 0.4) is 0 Å². The smallest absolute Gasteiger partial charge is 0.123 e. The Hall–Kier alpha value is -0.760. The molecule has 0 aliphatic heterocycles. The molecule has 4 heteroatoms. The van der Waals surface area contributed by atoms with Crippen LogP contribution in [-0.4, -0.2) is 0 Å². The van der Waals surface area contributed by atoms with Crippen LogP contribution in [0.1, 0.15) is 34.4 Å². The van der Waals surface area contributed by atoms with E-state index in [9.17, 15) is 4.39 Å².